The fraction of sp³-hybridized carbons (Fsp3) is 1.00. The highest BCUT2D eigenvalue weighted by atomic mass is 32.2. The molecule has 0 spiro atoms. The van der Waals surface area contributed by atoms with Gasteiger partial charge in [0.2, 0.25) is 0 Å². The quantitative estimate of drug-likeness (QED) is 0.682. The summed E-state index contributed by atoms with van der Waals surface area (Å²) in [5, 5.41) is 0. The van der Waals surface area contributed by atoms with Gasteiger partial charge < -0.3 is 10.6 Å². The van der Waals surface area contributed by atoms with Crippen LogP contribution in [0.15, 0.2) is 0 Å². The van der Waals surface area contributed by atoms with Gasteiger partial charge in [-0.3, -0.25) is 4.90 Å². The van der Waals surface area contributed by atoms with Crippen LogP contribution in [0.3, 0.4) is 0 Å². The molecular formula is C11H25N3S. The average Bonchev–Trinajstić information content (AvgIpc) is 2.20. The molecule has 15 heavy (non-hydrogen) atoms. The monoisotopic (exact) mass is 231 g/mol. The van der Waals surface area contributed by atoms with Crippen LogP contribution in [-0.2, 0) is 0 Å². The Kier molecular flexibility index (Phi) is 6.64. The van der Waals surface area contributed by atoms with Crippen LogP contribution in [0.1, 0.15) is 13.3 Å². The van der Waals surface area contributed by atoms with Crippen molar-refractivity contribution in [1.29, 1.82) is 0 Å². The van der Waals surface area contributed by atoms with Crippen LogP contribution < -0.4 is 5.73 Å². The molecule has 1 fully saturated rings. The largest absolute Gasteiger partial charge is 0.328 e. The fourth-order valence-electron chi connectivity index (χ4n) is 1.64. The minimum absolute atomic E-state index is 0.362. The lowest BCUT2D eigenvalue weighted by molar-refractivity contribution is 0.161. The maximum absolute atomic E-state index is 5.70. The minimum Gasteiger partial charge on any atom is -0.328 e. The SMILES string of the molecule is CC(N)CCSCCN1CCN(C)CC1. The van der Waals surface area contributed by atoms with Crippen LogP contribution in [0.4, 0.5) is 0 Å². The molecule has 0 radical (unpaired) electrons. The molecule has 1 atom stereocenters. The van der Waals surface area contributed by atoms with Crippen LogP contribution in [0, 0.1) is 0 Å². The standard InChI is InChI=1S/C11H25N3S/c1-11(12)3-9-15-10-8-14-6-4-13(2)5-7-14/h11H,3-10,12H2,1-2H3. The number of likely N-dealkylation sites (N-methyl/N-ethyl adjacent to an activating group) is 1. The zero-order valence-corrected chi connectivity index (χ0v) is 10.9. The summed E-state index contributed by atoms with van der Waals surface area (Å²) in [4.78, 5) is 4.97. The molecule has 0 aromatic heterocycles. The maximum atomic E-state index is 5.70. The zero-order valence-electron chi connectivity index (χ0n) is 10.1. The van der Waals surface area contributed by atoms with Crippen molar-refractivity contribution in [3.8, 4) is 0 Å². The Morgan fingerprint density at radius 3 is 2.47 bits per heavy atom. The Hall–Kier alpha value is 0.230. The van der Waals surface area contributed by atoms with E-state index in [0.29, 0.717) is 6.04 Å². The number of rotatable bonds is 6. The molecule has 1 heterocycles. The van der Waals surface area contributed by atoms with E-state index in [9.17, 15) is 0 Å². The molecule has 0 amide bonds. The van der Waals surface area contributed by atoms with Crippen LogP contribution in [-0.4, -0.2) is 67.1 Å². The van der Waals surface area contributed by atoms with Crippen molar-refractivity contribution in [2.75, 3.05) is 51.3 Å². The minimum atomic E-state index is 0.362. The molecule has 1 saturated heterocycles. The number of nitrogens with two attached hydrogens (primary N) is 1. The van der Waals surface area contributed by atoms with Gasteiger partial charge in [-0.2, -0.15) is 11.8 Å². The molecule has 0 bridgehead atoms. The molecule has 3 nitrogen and oxygen atoms in total. The maximum Gasteiger partial charge on any atom is 0.0110 e. The zero-order chi connectivity index (χ0) is 11.1. The Balaban J connectivity index is 1.91. The van der Waals surface area contributed by atoms with Crippen LogP contribution in [0.5, 0.6) is 0 Å². The molecule has 1 rings (SSSR count). The Morgan fingerprint density at radius 2 is 1.87 bits per heavy atom. The molecule has 0 aromatic rings. The van der Waals surface area contributed by atoms with E-state index in [1.54, 1.807) is 0 Å². The number of thioether (sulfide) groups is 1. The summed E-state index contributed by atoms with van der Waals surface area (Å²) in [5.74, 6) is 2.47. The van der Waals surface area contributed by atoms with Crippen LogP contribution in [0.25, 0.3) is 0 Å². The van der Waals surface area contributed by atoms with Gasteiger partial charge in [-0.1, -0.05) is 0 Å². The van der Waals surface area contributed by atoms with Gasteiger partial charge in [-0.15, -0.1) is 0 Å². The van der Waals surface area contributed by atoms with Gasteiger partial charge >= 0.3 is 0 Å². The van der Waals surface area contributed by atoms with E-state index in [4.69, 9.17) is 5.73 Å². The average molecular weight is 231 g/mol. The first kappa shape index (κ1) is 13.3. The van der Waals surface area contributed by atoms with E-state index < -0.39 is 0 Å². The molecule has 1 aliphatic rings. The van der Waals surface area contributed by atoms with E-state index in [1.165, 1.54) is 44.2 Å². The summed E-state index contributed by atoms with van der Waals surface area (Å²) in [6.07, 6.45) is 1.15. The van der Waals surface area contributed by atoms with E-state index in [2.05, 4.69) is 23.8 Å². The van der Waals surface area contributed by atoms with Crippen molar-refractivity contribution in [3.63, 3.8) is 0 Å². The van der Waals surface area contributed by atoms with Gasteiger partial charge in [0.1, 0.15) is 0 Å². The van der Waals surface area contributed by atoms with Crippen LogP contribution in [0.2, 0.25) is 0 Å². The molecule has 4 heteroatoms. The second-order valence-corrected chi connectivity index (χ2v) is 5.75. The summed E-state index contributed by atoms with van der Waals surface area (Å²) in [5.41, 5.74) is 5.70. The van der Waals surface area contributed by atoms with Crippen molar-refractivity contribution in [2.45, 2.75) is 19.4 Å². The Morgan fingerprint density at radius 1 is 1.20 bits per heavy atom. The number of hydrogen-bond acceptors (Lipinski definition) is 4. The third kappa shape index (κ3) is 6.40. The fourth-order valence-corrected chi connectivity index (χ4v) is 2.77. The molecular weight excluding hydrogens is 206 g/mol. The van der Waals surface area contributed by atoms with Gasteiger partial charge in [0.25, 0.3) is 0 Å². The Labute approximate surface area is 98.4 Å². The molecule has 0 aromatic carbocycles. The number of nitrogens with zero attached hydrogens (tertiary/aromatic N) is 2. The molecule has 0 saturated carbocycles. The molecule has 2 N–H and O–H groups in total. The summed E-state index contributed by atoms with van der Waals surface area (Å²) in [7, 11) is 2.20. The van der Waals surface area contributed by atoms with Crippen LogP contribution >= 0.6 is 11.8 Å². The predicted octanol–water partition coefficient (Wildman–Crippen LogP) is 0.704. The predicted molar refractivity (Wildman–Crippen MR) is 69.5 cm³/mol. The van der Waals surface area contributed by atoms with E-state index in [1.807, 2.05) is 11.8 Å². The lowest BCUT2D eigenvalue weighted by atomic mass is 10.3. The third-order valence-electron chi connectivity index (χ3n) is 2.87. The summed E-state index contributed by atoms with van der Waals surface area (Å²) < 4.78 is 0. The first-order chi connectivity index (χ1) is 7.18. The van der Waals surface area contributed by atoms with E-state index in [0.717, 1.165) is 6.42 Å². The third-order valence-corrected chi connectivity index (χ3v) is 3.86. The van der Waals surface area contributed by atoms with Crippen molar-refractivity contribution >= 4 is 11.8 Å². The number of piperazine rings is 1. The van der Waals surface area contributed by atoms with Gasteiger partial charge in [0.15, 0.2) is 0 Å². The van der Waals surface area contributed by atoms with E-state index >= 15 is 0 Å². The van der Waals surface area contributed by atoms with Crippen molar-refractivity contribution in [1.82, 2.24) is 9.80 Å². The van der Waals surface area contributed by atoms with Gasteiger partial charge in [-0.05, 0) is 26.1 Å². The molecule has 90 valence electrons. The molecule has 1 unspecified atom stereocenters. The van der Waals surface area contributed by atoms with Crippen molar-refractivity contribution in [2.24, 2.45) is 5.73 Å². The highest BCUT2D eigenvalue weighted by molar-refractivity contribution is 7.99. The Bertz CT molecular complexity index is 156. The van der Waals surface area contributed by atoms with Gasteiger partial charge in [-0.25, -0.2) is 0 Å². The van der Waals surface area contributed by atoms with Crippen molar-refractivity contribution < 1.29 is 0 Å². The summed E-state index contributed by atoms with van der Waals surface area (Å²) in [6, 6.07) is 0.362. The number of hydrogen-bond donors (Lipinski definition) is 1. The highest BCUT2D eigenvalue weighted by Crippen LogP contribution is 2.06. The normalized spacial score (nSPS) is 21.8. The second-order valence-electron chi connectivity index (χ2n) is 4.52. The first-order valence-electron chi connectivity index (χ1n) is 5.92. The van der Waals surface area contributed by atoms with Gasteiger partial charge in [0, 0.05) is 44.5 Å². The lowest BCUT2D eigenvalue weighted by Gasteiger charge is -2.32. The second kappa shape index (κ2) is 7.49. The first-order valence-corrected chi connectivity index (χ1v) is 7.08. The van der Waals surface area contributed by atoms with Crippen molar-refractivity contribution in [3.05, 3.63) is 0 Å². The smallest absolute Gasteiger partial charge is 0.0110 e. The summed E-state index contributed by atoms with van der Waals surface area (Å²) >= 11 is 2.04. The highest BCUT2D eigenvalue weighted by Gasteiger charge is 2.12. The lowest BCUT2D eigenvalue weighted by Crippen LogP contribution is -2.45. The summed E-state index contributed by atoms with van der Waals surface area (Å²) in [6.45, 7) is 8.27. The van der Waals surface area contributed by atoms with Gasteiger partial charge in [0.05, 0.1) is 0 Å². The molecule has 0 aliphatic carbocycles. The molecule has 1 aliphatic heterocycles. The topological polar surface area (TPSA) is 32.5 Å². The van der Waals surface area contributed by atoms with E-state index in [-0.39, 0.29) is 0 Å².